The lowest BCUT2D eigenvalue weighted by molar-refractivity contribution is 0.0984. The van der Waals surface area contributed by atoms with Gasteiger partial charge in [0.05, 0.1) is 13.2 Å². The lowest BCUT2D eigenvalue weighted by atomic mass is 10.1. The van der Waals surface area contributed by atoms with Crippen LogP contribution in [0.2, 0.25) is 0 Å². The van der Waals surface area contributed by atoms with Gasteiger partial charge in [0.15, 0.2) is 0 Å². The number of nitrogens with zero attached hydrogens (tertiary/aromatic N) is 2. The highest BCUT2D eigenvalue weighted by Crippen LogP contribution is 2.20. The molecule has 27 heavy (non-hydrogen) atoms. The smallest absolute Gasteiger partial charge is 0.259 e. The zero-order valence-electron chi connectivity index (χ0n) is 15.7. The normalized spacial score (nSPS) is 10.6. The van der Waals surface area contributed by atoms with E-state index in [2.05, 4.69) is 18.8 Å². The van der Waals surface area contributed by atoms with Gasteiger partial charge in [0.2, 0.25) is 0 Å². The Morgan fingerprint density at radius 1 is 0.963 bits per heavy atom. The summed E-state index contributed by atoms with van der Waals surface area (Å²) in [6.07, 6.45) is 1.70. The fourth-order valence-corrected chi connectivity index (χ4v) is 2.65. The summed E-state index contributed by atoms with van der Waals surface area (Å²) in [6, 6.07) is 22.8. The number of aromatic nitrogens is 1. The van der Waals surface area contributed by atoms with E-state index in [0.29, 0.717) is 30.5 Å². The van der Waals surface area contributed by atoms with Gasteiger partial charge < -0.3 is 4.74 Å². The largest absolute Gasteiger partial charge is 0.493 e. The van der Waals surface area contributed by atoms with Crippen LogP contribution in [0, 0.1) is 5.92 Å². The van der Waals surface area contributed by atoms with Crippen LogP contribution in [0.25, 0.3) is 0 Å². The number of pyridine rings is 1. The first-order valence-corrected chi connectivity index (χ1v) is 9.13. The monoisotopic (exact) mass is 360 g/mol. The van der Waals surface area contributed by atoms with E-state index in [1.807, 2.05) is 60.7 Å². The van der Waals surface area contributed by atoms with Gasteiger partial charge >= 0.3 is 0 Å². The molecule has 0 saturated carbocycles. The Kier molecular flexibility index (Phi) is 6.21. The molecule has 0 fully saturated rings. The van der Waals surface area contributed by atoms with Crippen LogP contribution in [0.1, 0.15) is 29.8 Å². The third-order valence-electron chi connectivity index (χ3n) is 4.04. The first kappa shape index (κ1) is 18.6. The Morgan fingerprint density at radius 3 is 2.30 bits per heavy atom. The van der Waals surface area contributed by atoms with Crippen LogP contribution in [-0.4, -0.2) is 17.5 Å². The first-order valence-electron chi connectivity index (χ1n) is 9.13. The first-order chi connectivity index (χ1) is 13.1. The maximum Gasteiger partial charge on any atom is 0.259 e. The van der Waals surface area contributed by atoms with E-state index in [4.69, 9.17) is 4.74 Å². The van der Waals surface area contributed by atoms with E-state index in [-0.39, 0.29) is 5.91 Å². The highest BCUT2D eigenvalue weighted by molar-refractivity contribution is 6.05. The molecule has 0 aliphatic heterocycles. The van der Waals surface area contributed by atoms with Gasteiger partial charge in [-0.2, -0.15) is 0 Å². The van der Waals surface area contributed by atoms with Crippen molar-refractivity contribution in [1.82, 2.24) is 4.98 Å². The molecular formula is C23H24N2O2. The molecule has 138 valence electrons. The number of hydrogen-bond acceptors (Lipinski definition) is 3. The van der Waals surface area contributed by atoms with Crippen LogP contribution in [-0.2, 0) is 6.54 Å². The van der Waals surface area contributed by atoms with Gasteiger partial charge in [-0.25, -0.2) is 4.98 Å². The molecule has 0 radical (unpaired) electrons. The van der Waals surface area contributed by atoms with Gasteiger partial charge in [-0.1, -0.05) is 50.2 Å². The Morgan fingerprint density at radius 2 is 1.67 bits per heavy atom. The number of carbonyl (C=O) groups excluding carboxylic acids is 1. The number of anilines is 1. The van der Waals surface area contributed by atoms with Crippen LogP contribution >= 0.6 is 0 Å². The number of ether oxygens (including phenoxy) is 1. The standard InChI is InChI=1S/C23H24N2O2/c1-18(2)17-27-21-13-11-20(12-14-21)23(26)25(22-10-6-7-15-24-22)16-19-8-4-3-5-9-19/h3-15,18H,16-17H2,1-2H3. The van der Waals surface area contributed by atoms with Gasteiger partial charge in [-0.15, -0.1) is 0 Å². The van der Waals surface area contributed by atoms with Crippen molar-refractivity contribution < 1.29 is 9.53 Å². The molecule has 0 saturated heterocycles. The summed E-state index contributed by atoms with van der Waals surface area (Å²) < 4.78 is 5.71. The fourth-order valence-electron chi connectivity index (χ4n) is 2.65. The number of benzene rings is 2. The second-order valence-electron chi connectivity index (χ2n) is 6.79. The van der Waals surface area contributed by atoms with E-state index in [1.54, 1.807) is 23.2 Å². The van der Waals surface area contributed by atoms with Crippen molar-refractivity contribution in [3.05, 3.63) is 90.1 Å². The molecule has 3 aromatic rings. The van der Waals surface area contributed by atoms with Gasteiger partial charge in [-0.05, 0) is 47.9 Å². The lowest BCUT2D eigenvalue weighted by Gasteiger charge is -2.22. The Balaban J connectivity index is 1.82. The molecule has 0 atom stereocenters. The summed E-state index contributed by atoms with van der Waals surface area (Å²) >= 11 is 0. The van der Waals surface area contributed by atoms with Crippen molar-refractivity contribution in [1.29, 1.82) is 0 Å². The maximum absolute atomic E-state index is 13.2. The summed E-state index contributed by atoms with van der Waals surface area (Å²) in [6.45, 7) is 5.32. The van der Waals surface area contributed by atoms with Crippen LogP contribution < -0.4 is 9.64 Å². The predicted molar refractivity (Wildman–Crippen MR) is 108 cm³/mol. The molecule has 2 aromatic carbocycles. The molecule has 0 unspecified atom stereocenters. The van der Waals surface area contributed by atoms with E-state index in [0.717, 1.165) is 11.3 Å². The van der Waals surface area contributed by atoms with Crippen LogP contribution in [0.3, 0.4) is 0 Å². The molecule has 3 rings (SSSR count). The zero-order valence-corrected chi connectivity index (χ0v) is 15.7. The average Bonchev–Trinajstić information content (AvgIpc) is 2.72. The highest BCUT2D eigenvalue weighted by atomic mass is 16.5. The molecule has 1 amide bonds. The summed E-state index contributed by atoms with van der Waals surface area (Å²) in [5, 5.41) is 0. The van der Waals surface area contributed by atoms with Crippen molar-refractivity contribution >= 4 is 11.7 Å². The lowest BCUT2D eigenvalue weighted by Crippen LogP contribution is -2.31. The zero-order chi connectivity index (χ0) is 19.1. The molecular weight excluding hydrogens is 336 g/mol. The van der Waals surface area contributed by atoms with E-state index >= 15 is 0 Å². The quantitative estimate of drug-likeness (QED) is 0.598. The van der Waals surface area contributed by atoms with Crippen LogP contribution in [0.5, 0.6) is 5.75 Å². The van der Waals surface area contributed by atoms with Crippen molar-refractivity contribution in [3.8, 4) is 5.75 Å². The predicted octanol–water partition coefficient (Wildman–Crippen LogP) is 4.96. The number of rotatable bonds is 7. The van der Waals surface area contributed by atoms with Gasteiger partial charge in [-0.3, -0.25) is 9.69 Å². The van der Waals surface area contributed by atoms with Gasteiger partial charge in [0, 0.05) is 11.8 Å². The number of carbonyl (C=O) groups is 1. The van der Waals surface area contributed by atoms with Crippen molar-refractivity contribution in [2.75, 3.05) is 11.5 Å². The minimum absolute atomic E-state index is 0.0898. The Bertz CT molecular complexity index is 847. The van der Waals surface area contributed by atoms with E-state index in [1.165, 1.54) is 0 Å². The summed E-state index contributed by atoms with van der Waals surface area (Å²) in [5.41, 5.74) is 1.65. The third-order valence-corrected chi connectivity index (χ3v) is 4.04. The molecule has 0 spiro atoms. The van der Waals surface area contributed by atoms with Crippen molar-refractivity contribution in [2.45, 2.75) is 20.4 Å². The second kappa shape index (κ2) is 8.99. The SMILES string of the molecule is CC(C)COc1ccc(C(=O)N(Cc2ccccc2)c2ccccn2)cc1. The minimum Gasteiger partial charge on any atom is -0.493 e. The molecule has 0 bridgehead atoms. The molecule has 0 N–H and O–H groups in total. The molecule has 0 aliphatic carbocycles. The maximum atomic E-state index is 13.2. The van der Waals surface area contributed by atoms with Crippen molar-refractivity contribution in [3.63, 3.8) is 0 Å². The van der Waals surface area contributed by atoms with Crippen molar-refractivity contribution in [2.24, 2.45) is 5.92 Å². The molecule has 1 aromatic heterocycles. The number of hydrogen-bond donors (Lipinski definition) is 0. The third kappa shape index (κ3) is 5.17. The highest BCUT2D eigenvalue weighted by Gasteiger charge is 2.19. The molecule has 4 heteroatoms. The topological polar surface area (TPSA) is 42.4 Å². The van der Waals surface area contributed by atoms with Gasteiger partial charge in [0.25, 0.3) is 5.91 Å². The minimum atomic E-state index is -0.0898. The molecule has 4 nitrogen and oxygen atoms in total. The van der Waals surface area contributed by atoms with Crippen LogP contribution in [0.4, 0.5) is 5.82 Å². The summed E-state index contributed by atoms with van der Waals surface area (Å²) in [4.78, 5) is 19.2. The molecule has 0 aliphatic rings. The Labute approximate surface area is 160 Å². The summed E-state index contributed by atoms with van der Waals surface area (Å²) in [5.74, 6) is 1.77. The van der Waals surface area contributed by atoms with Crippen LogP contribution in [0.15, 0.2) is 79.0 Å². The second-order valence-corrected chi connectivity index (χ2v) is 6.79. The summed E-state index contributed by atoms with van der Waals surface area (Å²) in [7, 11) is 0. The number of amides is 1. The van der Waals surface area contributed by atoms with E-state index < -0.39 is 0 Å². The molecule has 1 heterocycles. The Hall–Kier alpha value is -3.14. The fraction of sp³-hybridized carbons (Fsp3) is 0.217. The van der Waals surface area contributed by atoms with E-state index in [9.17, 15) is 4.79 Å². The average molecular weight is 360 g/mol. The van der Waals surface area contributed by atoms with Gasteiger partial charge in [0.1, 0.15) is 11.6 Å².